The van der Waals surface area contributed by atoms with Crippen LogP contribution in [0.4, 0.5) is 10.1 Å². The van der Waals surface area contributed by atoms with Crippen LogP contribution in [0.1, 0.15) is 5.56 Å². The average molecular weight is 474 g/mol. The van der Waals surface area contributed by atoms with Gasteiger partial charge in [0.25, 0.3) is 17.7 Å². The van der Waals surface area contributed by atoms with Crippen LogP contribution in [0.15, 0.2) is 60.7 Å². The highest BCUT2D eigenvalue weighted by Crippen LogP contribution is 2.27. The molecule has 0 radical (unpaired) electrons. The minimum Gasteiger partial charge on any atom is -0.482 e. The number of nitrogens with one attached hydrogen (secondary N) is 2. The van der Waals surface area contributed by atoms with E-state index in [-0.39, 0.29) is 33.7 Å². The summed E-state index contributed by atoms with van der Waals surface area (Å²) >= 11 is 11.2. The van der Waals surface area contributed by atoms with E-state index >= 15 is 0 Å². The minimum absolute atomic E-state index is 0.00694. The summed E-state index contributed by atoms with van der Waals surface area (Å²) in [4.78, 5) is 38.0. The number of nitrogens with zero attached hydrogens (tertiary/aromatic N) is 1. The Morgan fingerprint density at radius 2 is 2.03 bits per heavy atom. The van der Waals surface area contributed by atoms with Crippen molar-refractivity contribution in [3.8, 4) is 5.75 Å². The second-order valence-corrected chi connectivity index (χ2v) is 7.32. The van der Waals surface area contributed by atoms with Gasteiger partial charge in [0, 0.05) is 6.54 Å². The number of ether oxygens (including phenoxy) is 1. The smallest absolute Gasteiger partial charge is 0.265 e. The topological polar surface area (TPSA) is 87.7 Å². The molecule has 0 unspecified atom stereocenters. The molecule has 0 spiro atoms. The van der Waals surface area contributed by atoms with Crippen molar-refractivity contribution in [3.05, 3.63) is 77.1 Å². The Morgan fingerprint density at radius 1 is 1.28 bits per heavy atom. The number of thiocarbonyl (C=S) groups is 1. The van der Waals surface area contributed by atoms with Crippen molar-refractivity contribution in [1.29, 1.82) is 0 Å². The Hall–Kier alpha value is -3.56. The van der Waals surface area contributed by atoms with E-state index in [1.807, 2.05) is 0 Å². The number of carbonyl (C=O) groups excluding carboxylic acids is 3. The van der Waals surface area contributed by atoms with Crippen LogP contribution in [0.5, 0.6) is 5.75 Å². The molecule has 0 atom stereocenters. The van der Waals surface area contributed by atoms with Crippen LogP contribution < -0.4 is 15.4 Å². The summed E-state index contributed by atoms with van der Waals surface area (Å²) in [5.74, 6) is -2.11. The van der Waals surface area contributed by atoms with Gasteiger partial charge in [0.15, 0.2) is 11.7 Å². The molecule has 32 heavy (non-hydrogen) atoms. The highest BCUT2D eigenvalue weighted by atomic mass is 35.5. The lowest BCUT2D eigenvalue weighted by Gasteiger charge is -2.27. The van der Waals surface area contributed by atoms with Gasteiger partial charge in [-0.05, 0) is 48.1 Å². The molecule has 3 amide bonds. The first-order chi connectivity index (χ1) is 15.3. The third kappa shape index (κ3) is 5.37. The zero-order chi connectivity index (χ0) is 23.3. The van der Waals surface area contributed by atoms with E-state index < -0.39 is 30.1 Å². The molecule has 1 aliphatic heterocycles. The second kappa shape index (κ2) is 10.2. The van der Waals surface area contributed by atoms with Crippen molar-refractivity contribution >= 4 is 58.4 Å². The van der Waals surface area contributed by atoms with Crippen LogP contribution in [-0.2, 0) is 14.4 Å². The number of anilines is 1. The van der Waals surface area contributed by atoms with Crippen molar-refractivity contribution in [2.75, 3.05) is 18.5 Å². The number of amides is 3. The molecule has 164 valence electrons. The van der Waals surface area contributed by atoms with Gasteiger partial charge < -0.3 is 10.1 Å². The van der Waals surface area contributed by atoms with Crippen LogP contribution in [0.25, 0.3) is 6.08 Å². The zero-order valence-corrected chi connectivity index (χ0v) is 18.1. The van der Waals surface area contributed by atoms with E-state index in [9.17, 15) is 18.8 Å². The molecule has 1 heterocycles. The van der Waals surface area contributed by atoms with Crippen molar-refractivity contribution in [3.63, 3.8) is 0 Å². The second-order valence-electron chi connectivity index (χ2n) is 6.53. The van der Waals surface area contributed by atoms with Gasteiger partial charge in [-0.1, -0.05) is 35.9 Å². The van der Waals surface area contributed by atoms with Crippen LogP contribution in [-0.4, -0.2) is 40.9 Å². The fraction of sp³-hybridized carbons (Fsp3) is 0.0909. The molecule has 1 fully saturated rings. The van der Waals surface area contributed by atoms with E-state index in [0.717, 1.165) is 0 Å². The number of hydrogen-bond donors (Lipinski definition) is 2. The molecule has 10 heteroatoms. The van der Waals surface area contributed by atoms with Crippen molar-refractivity contribution in [1.82, 2.24) is 10.2 Å². The van der Waals surface area contributed by atoms with Crippen molar-refractivity contribution in [2.24, 2.45) is 0 Å². The predicted molar refractivity (Wildman–Crippen MR) is 123 cm³/mol. The zero-order valence-electron chi connectivity index (χ0n) is 16.6. The summed E-state index contributed by atoms with van der Waals surface area (Å²) in [6.45, 7) is 3.32. The molecule has 2 aromatic carbocycles. The molecule has 2 aromatic rings. The number of benzene rings is 2. The van der Waals surface area contributed by atoms with E-state index in [1.165, 1.54) is 47.4 Å². The number of carbonyl (C=O) groups is 3. The molecule has 7 nitrogen and oxygen atoms in total. The first-order valence-corrected chi connectivity index (χ1v) is 10.0. The van der Waals surface area contributed by atoms with E-state index in [2.05, 4.69) is 17.2 Å². The maximum Gasteiger partial charge on any atom is 0.265 e. The van der Waals surface area contributed by atoms with E-state index in [4.69, 9.17) is 28.6 Å². The van der Waals surface area contributed by atoms with Crippen LogP contribution in [0.2, 0.25) is 5.02 Å². The number of halogens is 2. The third-order valence-electron chi connectivity index (χ3n) is 4.27. The Balaban J connectivity index is 1.69. The highest BCUT2D eigenvalue weighted by Gasteiger charge is 2.32. The van der Waals surface area contributed by atoms with Gasteiger partial charge in [-0.3, -0.25) is 24.6 Å². The average Bonchev–Trinajstić information content (AvgIpc) is 2.75. The van der Waals surface area contributed by atoms with Gasteiger partial charge in [0.1, 0.15) is 17.1 Å². The van der Waals surface area contributed by atoms with Crippen LogP contribution in [0, 0.1) is 5.82 Å². The first-order valence-electron chi connectivity index (χ1n) is 9.26. The number of para-hydroxylation sites is 1. The normalized spacial score (nSPS) is 14.9. The molecular formula is C22H17ClFN3O4S. The molecule has 1 aliphatic rings. The van der Waals surface area contributed by atoms with Gasteiger partial charge >= 0.3 is 0 Å². The molecule has 0 aromatic heterocycles. The highest BCUT2D eigenvalue weighted by molar-refractivity contribution is 7.80. The fourth-order valence-corrected chi connectivity index (χ4v) is 3.27. The van der Waals surface area contributed by atoms with E-state index in [1.54, 1.807) is 12.1 Å². The molecule has 3 rings (SSSR count). The van der Waals surface area contributed by atoms with Gasteiger partial charge in [0.05, 0.1) is 10.7 Å². The van der Waals surface area contributed by atoms with Gasteiger partial charge in [-0.15, -0.1) is 6.58 Å². The Bertz CT molecular complexity index is 1150. The van der Waals surface area contributed by atoms with Crippen molar-refractivity contribution < 1.29 is 23.5 Å². The van der Waals surface area contributed by atoms with Gasteiger partial charge in [-0.25, -0.2) is 4.39 Å². The Labute approximate surface area is 193 Å². The predicted octanol–water partition coefficient (Wildman–Crippen LogP) is 3.31. The minimum atomic E-state index is -0.624. The monoisotopic (exact) mass is 473 g/mol. The third-order valence-corrected chi connectivity index (χ3v) is 4.89. The summed E-state index contributed by atoms with van der Waals surface area (Å²) in [7, 11) is 0. The van der Waals surface area contributed by atoms with Crippen LogP contribution in [0.3, 0.4) is 0 Å². The molecule has 0 saturated carbocycles. The lowest BCUT2D eigenvalue weighted by molar-refractivity contribution is -0.128. The summed E-state index contributed by atoms with van der Waals surface area (Å²) < 4.78 is 19.0. The SMILES string of the molecule is C=CCN1C(=O)/C(=C\c2ccc(OCC(=O)Nc3ccccc3F)c(Cl)c2)C(=O)NC1=S. The lowest BCUT2D eigenvalue weighted by Crippen LogP contribution is -2.53. The van der Waals surface area contributed by atoms with Crippen LogP contribution >= 0.6 is 23.8 Å². The number of rotatable bonds is 7. The summed E-state index contributed by atoms with van der Waals surface area (Å²) in [6, 6.07) is 10.3. The Kier molecular flexibility index (Phi) is 7.34. The molecule has 2 N–H and O–H groups in total. The fourth-order valence-electron chi connectivity index (χ4n) is 2.77. The molecule has 0 bridgehead atoms. The summed E-state index contributed by atoms with van der Waals surface area (Å²) in [6.07, 6.45) is 2.86. The largest absolute Gasteiger partial charge is 0.482 e. The first kappa shape index (κ1) is 23.1. The molecular weight excluding hydrogens is 457 g/mol. The molecule has 0 aliphatic carbocycles. The van der Waals surface area contributed by atoms with Gasteiger partial charge in [-0.2, -0.15) is 0 Å². The standard InChI is InChI=1S/C22H17ClFN3O4S/c1-2-9-27-21(30)14(20(29)26-22(27)32)10-13-7-8-18(15(23)11-13)31-12-19(28)25-17-6-4-3-5-16(17)24/h2-8,10-11H,1,9,12H2,(H,25,28)(H,26,29,32)/b14-10-. The number of hydrogen-bond acceptors (Lipinski definition) is 5. The maximum absolute atomic E-state index is 13.6. The summed E-state index contributed by atoms with van der Waals surface area (Å²) in [5, 5.41) is 5.01. The lowest BCUT2D eigenvalue weighted by atomic mass is 10.1. The van der Waals surface area contributed by atoms with E-state index in [0.29, 0.717) is 5.56 Å². The summed E-state index contributed by atoms with van der Waals surface area (Å²) in [5.41, 5.74) is 0.382. The maximum atomic E-state index is 13.6. The quantitative estimate of drug-likeness (QED) is 0.279. The molecule has 1 saturated heterocycles. The van der Waals surface area contributed by atoms with Crippen molar-refractivity contribution in [2.45, 2.75) is 0 Å². The van der Waals surface area contributed by atoms with Gasteiger partial charge in [0.2, 0.25) is 0 Å². The Morgan fingerprint density at radius 3 is 2.72 bits per heavy atom.